The minimum Gasteiger partial charge on any atom is -0.0982 e. The lowest BCUT2D eigenvalue weighted by Crippen LogP contribution is -2.42. The van der Waals surface area contributed by atoms with Crippen molar-refractivity contribution < 1.29 is 0 Å². The highest BCUT2D eigenvalue weighted by atomic mass is 31.1. The first-order chi connectivity index (χ1) is 11.6. The summed E-state index contributed by atoms with van der Waals surface area (Å²) >= 11 is 0. The first-order valence-electron chi connectivity index (χ1n) is 10.3. The second kappa shape index (κ2) is 6.31. The molecule has 0 amide bonds. The summed E-state index contributed by atoms with van der Waals surface area (Å²) in [5, 5.41) is 2.48. The molecule has 0 radical (unpaired) electrons. The molecule has 0 nitrogen and oxygen atoms in total. The van der Waals surface area contributed by atoms with E-state index >= 15 is 0 Å². The molecule has 3 atom stereocenters. The number of hydrogen-bond acceptors (Lipinski definition) is 0. The fraction of sp³-hybridized carbons (Fsp3) is 0.739. The molecule has 25 heavy (non-hydrogen) atoms. The largest absolute Gasteiger partial charge is 0.0982 e. The molecule has 3 unspecified atom stereocenters. The lowest BCUT2D eigenvalue weighted by molar-refractivity contribution is 0.187. The van der Waals surface area contributed by atoms with Gasteiger partial charge in [0.05, 0.1) is 0 Å². The normalized spacial score (nSPS) is 34.8. The van der Waals surface area contributed by atoms with Gasteiger partial charge in [0.1, 0.15) is 0 Å². The Labute approximate surface area is 158 Å². The van der Waals surface area contributed by atoms with E-state index in [0.29, 0.717) is 10.3 Å². The highest BCUT2D eigenvalue weighted by Gasteiger charge is 2.49. The average molecular weight is 374 g/mol. The van der Waals surface area contributed by atoms with Crippen molar-refractivity contribution in [3.8, 4) is 0 Å². The van der Waals surface area contributed by atoms with E-state index in [9.17, 15) is 0 Å². The Morgan fingerprint density at radius 3 is 1.92 bits per heavy atom. The minimum absolute atomic E-state index is 0.192. The van der Waals surface area contributed by atoms with Crippen LogP contribution in [0.3, 0.4) is 0 Å². The van der Waals surface area contributed by atoms with Crippen molar-refractivity contribution in [1.29, 1.82) is 0 Å². The van der Waals surface area contributed by atoms with Gasteiger partial charge in [-0.2, -0.15) is 0 Å². The van der Waals surface area contributed by atoms with Crippen LogP contribution in [-0.2, 0) is 0 Å². The third kappa shape index (κ3) is 3.36. The standard InChI is InChI=1S/C23H36P2/c1-22(2,3)25(23(4,5)6)20-10-8-7-9-19(20)21-18-12-16-11-17(13-18)15-24(21)14-16/h7-10,16-18,21H,11-15H2,1-6H3. The predicted octanol–water partition coefficient (Wildman–Crippen LogP) is 6.97. The fourth-order valence-corrected chi connectivity index (χ4v) is 14.8. The molecular weight excluding hydrogens is 338 g/mol. The van der Waals surface area contributed by atoms with Crippen molar-refractivity contribution in [2.45, 2.75) is 76.8 Å². The molecule has 4 bridgehead atoms. The third-order valence-electron chi connectivity index (χ3n) is 6.60. The van der Waals surface area contributed by atoms with Gasteiger partial charge in [0.25, 0.3) is 0 Å². The summed E-state index contributed by atoms with van der Waals surface area (Å²) in [7, 11) is 0.0544. The van der Waals surface area contributed by atoms with Crippen molar-refractivity contribution in [3.05, 3.63) is 29.8 Å². The Hall–Kier alpha value is 0.0800. The Morgan fingerprint density at radius 2 is 1.40 bits per heavy atom. The van der Waals surface area contributed by atoms with Gasteiger partial charge >= 0.3 is 0 Å². The SMILES string of the molecule is CC(C)(C)P(c1ccccc1C1C2CC3CC(C2)CP1C3)C(C)(C)C. The van der Waals surface area contributed by atoms with Crippen LogP contribution in [0.5, 0.6) is 0 Å². The van der Waals surface area contributed by atoms with E-state index < -0.39 is 0 Å². The summed E-state index contributed by atoms with van der Waals surface area (Å²) in [5.41, 5.74) is 2.71. The monoisotopic (exact) mass is 374 g/mol. The average Bonchev–Trinajstić information content (AvgIpc) is 2.44. The van der Waals surface area contributed by atoms with Crippen molar-refractivity contribution in [2.75, 3.05) is 12.3 Å². The first-order valence-corrected chi connectivity index (χ1v) is 13.4. The zero-order valence-electron chi connectivity index (χ0n) is 17.0. The number of benzene rings is 1. The van der Waals surface area contributed by atoms with Gasteiger partial charge in [-0.1, -0.05) is 81.7 Å². The van der Waals surface area contributed by atoms with Gasteiger partial charge in [-0.3, -0.25) is 0 Å². The van der Waals surface area contributed by atoms with Gasteiger partial charge in [0.15, 0.2) is 0 Å². The van der Waals surface area contributed by atoms with E-state index in [1.54, 1.807) is 29.6 Å². The summed E-state index contributed by atoms with van der Waals surface area (Å²) in [6, 6.07) is 9.70. The Bertz CT molecular complexity index is 592. The molecule has 4 fully saturated rings. The second-order valence-electron chi connectivity index (χ2n) is 10.8. The molecule has 1 aromatic carbocycles. The minimum atomic E-state index is -0.192. The van der Waals surface area contributed by atoms with Gasteiger partial charge in [-0.05, 0) is 70.5 Å². The molecule has 1 aromatic rings. The summed E-state index contributed by atoms with van der Waals surface area (Å²) in [6.07, 6.45) is 7.82. The predicted molar refractivity (Wildman–Crippen MR) is 116 cm³/mol. The molecule has 4 aliphatic rings. The smallest absolute Gasteiger partial charge is 0.00768 e. The molecule has 138 valence electrons. The summed E-state index contributed by atoms with van der Waals surface area (Å²) in [4.78, 5) is 0. The quantitative estimate of drug-likeness (QED) is 0.490. The van der Waals surface area contributed by atoms with Crippen molar-refractivity contribution >= 4 is 21.1 Å². The van der Waals surface area contributed by atoms with Crippen LogP contribution < -0.4 is 5.30 Å². The van der Waals surface area contributed by atoms with Gasteiger partial charge in [-0.25, -0.2) is 0 Å². The van der Waals surface area contributed by atoms with Crippen LogP contribution in [0.15, 0.2) is 24.3 Å². The van der Waals surface area contributed by atoms with Crippen LogP contribution in [-0.4, -0.2) is 22.6 Å². The van der Waals surface area contributed by atoms with Crippen LogP contribution in [0.2, 0.25) is 0 Å². The highest BCUT2D eigenvalue weighted by molar-refractivity contribution is 7.68. The molecule has 1 saturated carbocycles. The zero-order valence-corrected chi connectivity index (χ0v) is 18.8. The van der Waals surface area contributed by atoms with Crippen molar-refractivity contribution in [1.82, 2.24) is 0 Å². The summed E-state index contributed by atoms with van der Waals surface area (Å²) in [6.45, 7) is 14.9. The topological polar surface area (TPSA) is 0 Å². The van der Waals surface area contributed by atoms with Crippen LogP contribution >= 0.6 is 15.8 Å². The van der Waals surface area contributed by atoms with Crippen molar-refractivity contribution in [2.24, 2.45) is 17.8 Å². The van der Waals surface area contributed by atoms with E-state index in [1.165, 1.54) is 12.8 Å². The molecule has 0 N–H and O–H groups in total. The molecule has 3 saturated heterocycles. The van der Waals surface area contributed by atoms with Crippen LogP contribution in [0.1, 0.15) is 72.0 Å². The molecule has 0 aromatic heterocycles. The number of hydrogen-bond donors (Lipinski definition) is 0. The van der Waals surface area contributed by atoms with E-state index in [-0.39, 0.29) is 15.8 Å². The summed E-state index contributed by atoms with van der Waals surface area (Å²) in [5.74, 6) is 3.20. The summed E-state index contributed by atoms with van der Waals surface area (Å²) < 4.78 is 0. The zero-order chi connectivity index (χ0) is 18.0. The molecule has 3 heterocycles. The Balaban J connectivity index is 1.77. The van der Waals surface area contributed by atoms with Gasteiger partial charge in [0, 0.05) is 5.66 Å². The van der Waals surface area contributed by atoms with Gasteiger partial charge in [0.2, 0.25) is 0 Å². The first kappa shape index (κ1) is 18.4. The molecule has 5 rings (SSSR count). The van der Waals surface area contributed by atoms with E-state index in [4.69, 9.17) is 0 Å². The molecule has 2 heteroatoms. The highest BCUT2D eigenvalue weighted by Crippen LogP contribution is 2.71. The van der Waals surface area contributed by atoms with Gasteiger partial charge in [-0.15, -0.1) is 0 Å². The maximum Gasteiger partial charge on any atom is 0.00768 e. The van der Waals surface area contributed by atoms with E-state index in [1.807, 2.05) is 0 Å². The molecule has 0 spiro atoms. The van der Waals surface area contributed by atoms with Crippen LogP contribution in [0.25, 0.3) is 0 Å². The maximum absolute atomic E-state index is 2.54. The molecule has 1 aliphatic carbocycles. The molecular formula is C23H36P2. The van der Waals surface area contributed by atoms with E-state index in [0.717, 1.165) is 23.4 Å². The number of rotatable bonds is 2. The maximum atomic E-state index is 2.54. The second-order valence-corrected chi connectivity index (χ2v) is 17.1. The Kier molecular flexibility index (Phi) is 4.66. The van der Waals surface area contributed by atoms with E-state index in [2.05, 4.69) is 65.8 Å². The molecule has 3 aliphatic heterocycles. The third-order valence-corrected chi connectivity index (χ3v) is 13.6. The Morgan fingerprint density at radius 1 is 0.840 bits per heavy atom. The van der Waals surface area contributed by atoms with Crippen LogP contribution in [0, 0.1) is 17.8 Å². The van der Waals surface area contributed by atoms with Crippen LogP contribution in [0.4, 0.5) is 0 Å². The van der Waals surface area contributed by atoms with Gasteiger partial charge < -0.3 is 0 Å². The lowest BCUT2D eigenvalue weighted by atomic mass is 9.73. The lowest BCUT2D eigenvalue weighted by Gasteiger charge is -2.55. The van der Waals surface area contributed by atoms with Crippen molar-refractivity contribution in [3.63, 3.8) is 0 Å². The fourth-order valence-electron chi connectivity index (χ4n) is 6.56.